The molecule has 36 heavy (non-hydrogen) atoms. The zero-order valence-corrected chi connectivity index (χ0v) is 18.5. The number of nitrogens with zero attached hydrogens (tertiary/aromatic N) is 4. The average Bonchev–Trinajstić information content (AvgIpc) is 3.40. The highest BCUT2D eigenvalue weighted by Crippen LogP contribution is 2.46. The molecular formula is C25H16F6N4O. The van der Waals surface area contributed by atoms with Crippen molar-refractivity contribution >= 4 is 11.6 Å². The van der Waals surface area contributed by atoms with Crippen molar-refractivity contribution in [3.05, 3.63) is 89.2 Å². The summed E-state index contributed by atoms with van der Waals surface area (Å²) in [5.41, 5.74) is -2.13. The SMILES string of the molecule is Cn1cnnc1-c1c(-c2ccccc2)cc(C(F)(F)F)cc1N1Cc2c(cccc2C(F)(F)F)C1=O. The number of rotatable bonds is 3. The summed E-state index contributed by atoms with van der Waals surface area (Å²) in [7, 11) is 1.58. The number of benzene rings is 3. The maximum absolute atomic E-state index is 14.0. The zero-order valence-electron chi connectivity index (χ0n) is 18.5. The highest BCUT2D eigenvalue weighted by Gasteiger charge is 2.42. The number of hydrogen-bond acceptors (Lipinski definition) is 3. The van der Waals surface area contributed by atoms with Gasteiger partial charge in [-0.2, -0.15) is 26.3 Å². The van der Waals surface area contributed by atoms with E-state index in [1.807, 2.05) is 0 Å². The van der Waals surface area contributed by atoms with Gasteiger partial charge in [-0.05, 0) is 41.0 Å². The first kappa shape index (κ1) is 23.6. The van der Waals surface area contributed by atoms with Crippen LogP contribution in [0.25, 0.3) is 22.5 Å². The van der Waals surface area contributed by atoms with Crippen molar-refractivity contribution in [1.82, 2.24) is 14.8 Å². The summed E-state index contributed by atoms with van der Waals surface area (Å²) in [5, 5.41) is 7.86. The molecule has 1 aliphatic rings. The average molecular weight is 502 g/mol. The second-order valence-electron chi connectivity index (χ2n) is 8.27. The predicted molar refractivity (Wildman–Crippen MR) is 119 cm³/mol. The van der Waals surface area contributed by atoms with Gasteiger partial charge in [-0.3, -0.25) is 4.79 Å². The van der Waals surface area contributed by atoms with Crippen LogP contribution in [0.15, 0.2) is 67.0 Å². The molecule has 0 N–H and O–H groups in total. The first-order chi connectivity index (χ1) is 17.0. The molecular weight excluding hydrogens is 486 g/mol. The van der Waals surface area contributed by atoms with Gasteiger partial charge in [0.15, 0.2) is 5.82 Å². The first-order valence-corrected chi connectivity index (χ1v) is 10.6. The molecule has 0 saturated carbocycles. The van der Waals surface area contributed by atoms with E-state index in [9.17, 15) is 31.1 Å². The molecule has 0 atom stereocenters. The minimum absolute atomic E-state index is 0.108. The number of alkyl halides is 6. The molecule has 1 aromatic heterocycles. The van der Waals surface area contributed by atoms with Crippen LogP contribution in [0.2, 0.25) is 0 Å². The first-order valence-electron chi connectivity index (χ1n) is 10.6. The third kappa shape index (κ3) is 3.90. The topological polar surface area (TPSA) is 51.0 Å². The largest absolute Gasteiger partial charge is 0.416 e. The smallest absolute Gasteiger partial charge is 0.317 e. The molecule has 0 aliphatic carbocycles. The number of aryl methyl sites for hydroxylation is 1. The van der Waals surface area contributed by atoms with E-state index >= 15 is 0 Å². The van der Waals surface area contributed by atoms with Gasteiger partial charge in [0.05, 0.1) is 28.9 Å². The van der Waals surface area contributed by atoms with Crippen molar-refractivity contribution in [2.75, 3.05) is 4.90 Å². The second-order valence-corrected chi connectivity index (χ2v) is 8.27. The number of carbonyl (C=O) groups excluding carboxylic acids is 1. The van der Waals surface area contributed by atoms with Gasteiger partial charge in [0, 0.05) is 12.6 Å². The zero-order chi connectivity index (χ0) is 25.8. The number of aromatic nitrogens is 3. The summed E-state index contributed by atoms with van der Waals surface area (Å²) in [6, 6.07) is 13.1. The summed E-state index contributed by atoms with van der Waals surface area (Å²) >= 11 is 0. The van der Waals surface area contributed by atoms with Crippen molar-refractivity contribution in [2.45, 2.75) is 18.9 Å². The fourth-order valence-corrected chi connectivity index (χ4v) is 4.39. The number of fused-ring (bicyclic) bond motifs is 1. The van der Waals surface area contributed by atoms with Gasteiger partial charge in [0.2, 0.25) is 0 Å². The maximum atomic E-state index is 14.0. The summed E-state index contributed by atoms with van der Waals surface area (Å²) in [6.07, 6.45) is -8.19. The van der Waals surface area contributed by atoms with Crippen molar-refractivity contribution in [1.29, 1.82) is 0 Å². The normalized spacial score (nSPS) is 13.9. The number of amides is 1. The second kappa shape index (κ2) is 8.21. The lowest BCUT2D eigenvalue weighted by Crippen LogP contribution is -2.25. The van der Waals surface area contributed by atoms with Crippen LogP contribution in [0.1, 0.15) is 27.0 Å². The summed E-state index contributed by atoms with van der Waals surface area (Å²) < 4.78 is 84.4. The Morgan fingerprint density at radius 3 is 2.19 bits per heavy atom. The van der Waals surface area contributed by atoms with E-state index in [0.717, 1.165) is 29.2 Å². The van der Waals surface area contributed by atoms with E-state index in [4.69, 9.17) is 0 Å². The molecule has 4 aromatic rings. The third-order valence-electron chi connectivity index (χ3n) is 6.03. The van der Waals surface area contributed by atoms with Crippen LogP contribution in [0.3, 0.4) is 0 Å². The van der Waals surface area contributed by atoms with E-state index < -0.39 is 35.9 Å². The lowest BCUT2D eigenvalue weighted by molar-refractivity contribution is -0.138. The van der Waals surface area contributed by atoms with Crippen LogP contribution in [0, 0.1) is 0 Å². The summed E-state index contributed by atoms with van der Waals surface area (Å²) in [4.78, 5) is 14.3. The number of anilines is 1. The molecule has 0 fully saturated rings. The van der Waals surface area contributed by atoms with Gasteiger partial charge < -0.3 is 9.47 Å². The fourth-order valence-electron chi connectivity index (χ4n) is 4.39. The van der Waals surface area contributed by atoms with E-state index in [-0.39, 0.29) is 33.8 Å². The van der Waals surface area contributed by atoms with E-state index in [2.05, 4.69) is 10.2 Å². The minimum atomic E-state index is -4.79. The molecule has 0 radical (unpaired) electrons. The van der Waals surface area contributed by atoms with Crippen molar-refractivity contribution in [2.24, 2.45) is 7.05 Å². The Bertz CT molecular complexity index is 1470. The van der Waals surface area contributed by atoms with Gasteiger partial charge in [-0.1, -0.05) is 36.4 Å². The van der Waals surface area contributed by atoms with Gasteiger partial charge in [-0.25, -0.2) is 0 Å². The van der Waals surface area contributed by atoms with Crippen molar-refractivity contribution < 1.29 is 31.1 Å². The van der Waals surface area contributed by atoms with Gasteiger partial charge in [0.1, 0.15) is 6.33 Å². The highest BCUT2D eigenvalue weighted by atomic mass is 19.4. The van der Waals surface area contributed by atoms with E-state index in [1.54, 1.807) is 37.4 Å². The molecule has 1 aliphatic heterocycles. The monoisotopic (exact) mass is 502 g/mol. The Balaban J connectivity index is 1.81. The Hall–Kier alpha value is -4.15. The van der Waals surface area contributed by atoms with Gasteiger partial charge in [-0.15, -0.1) is 10.2 Å². The predicted octanol–water partition coefficient (Wildman–Crippen LogP) is 6.35. The lowest BCUT2D eigenvalue weighted by atomic mass is 9.94. The van der Waals surface area contributed by atoms with Crippen LogP contribution in [0.5, 0.6) is 0 Å². The van der Waals surface area contributed by atoms with Gasteiger partial charge in [0.25, 0.3) is 5.91 Å². The summed E-state index contributed by atoms with van der Waals surface area (Å²) in [6.45, 7) is -0.551. The molecule has 5 rings (SSSR count). The van der Waals surface area contributed by atoms with Crippen LogP contribution in [-0.2, 0) is 25.9 Å². The molecule has 0 bridgehead atoms. The number of carbonyl (C=O) groups is 1. The molecule has 0 saturated heterocycles. The molecule has 0 spiro atoms. The third-order valence-corrected chi connectivity index (χ3v) is 6.03. The van der Waals surface area contributed by atoms with Crippen molar-refractivity contribution in [3.63, 3.8) is 0 Å². The molecule has 1 amide bonds. The van der Waals surface area contributed by atoms with Crippen LogP contribution in [0.4, 0.5) is 32.0 Å². The molecule has 2 heterocycles. The highest BCUT2D eigenvalue weighted by molar-refractivity contribution is 6.13. The molecule has 3 aromatic carbocycles. The molecule has 0 unspecified atom stereocenters. The van der Waals surface area contributed by atoms with Gasteiger partial charge >= 0.3 is 12.4 Å². The Morgan fingerprint density at radius 1 is 0.861 bits per heavy atom. The van der Waals surface area contributed by atoms with Crippen LogP contribution >= 0.6 is 0 Å². The summed E-state index contributed by atoms with van der Waals surface area (Å²) in [5.74, 6) is -0.685. The quantitative estimate of drug-likeness (QED) is 0.307. The van der Waals surface area contributed by atoms with Crippen molar-refractivity contribution in [3.8, 4) is 22.5 Å². The molecule has 11 heteroatoms. The molecule has 5 nitrogen and oxygen atoms in total. The number of hydrogen-bond donors (Lipinski definition) is 0. The Kier molecular flexibility index (Phi) is 5.38. The maximum Gasteiger partial charge on any atom is 0.416 e. The Morgan fingerprint density at radius 2 is 1.58 bits per heavy atom. The number of halogens is 6. The molecule has 184 valence electrons. The standard InChI is InChI=1S/C25H16F6N4O/c1-34-13-32-33-22(34)21-17(14-6-3-2-4-7-14)10-15(24(26,27)28)11-20(21)35-12-18-16(23(35)36)8-5-9-19(18)25(29,30)31/h2-11,13H,12H2,1H3. The van der Waals surface area contributed by atoms with Crippen LogP contribution < -0.4 is 4.90 Å². The minimum Gasteiger partial charge on any atom is -0.317 e. The van der Waals surface area contributed by atoms with E-state index in [0.29, 0.717) is 5.56 Å². The van der Waals surface area contributed by atoms with Crippen LogP contribution in [-0.4, -0.2) is 20.7 Å². The Labute approximate surface area is 200 Å². The fraction of sp³-hybridized carbons (Fsp3) is 0.160. The lowest BCUT2D eigenvalue weighted by Gasteiger charge is -2.24. The van der Waals surface area contributed by atoms with E-state index in [1.165, 1.54) is 17.0 Å².